The molecular formula is C12H21N5. The van der Waals surface area contributed by atoms with Crippen LogP contribution >= 0.6 is 0 Å². The van der Waals surface area contributed by atoms with E-state index in [1.165, 1.54) is 19.4 Å². The van der Waals surface area contributed by atoms with Gasteiger partial charge in [-0.2, -0.15) is 0 Å². The molecule has 2 unspecified atom stereocenters. The van der Waals surface area contributed by atoms with Crippen LogP contribution in [0.25, 0.3) is 0 Å². The van der Waals surface area contributed by atoms with Crippen molar-refractivity contribution in [3.63, 3.8) is 0 Å². The number of hydrogen-bond acceptors (Lipinski definition) is 4. The summed E-state index contributed by atoms with van der Waals surface area (Å²) in [6, 6.07) is 0.924. The fourth-order valence-electron chi connectivity index (χ4n) is 3.01. The van der Waals surface area contributed by atoms with E-state index in [9.17, 15) is 0 Å². The van der Waals surface area contributed by atoms with Crippen molar-refractivity contribution in [1.82, 2.24) is 19.7 Å². The molecule has 1 aromatic rings. The highest BCUT2D eigenvalue weighted by Gasteiger charge is 2.26. The summed E-state index contributed by atoms with van der Waals surface area (Å²) in [7, 11) is 2.21. The zero-order valence-electron chi connectivity index (χ0n) is 10.5. The number of likely N-dealkylation sites (N-methyl/N-ethyl adjacent to an activating group) is 1. The lowest BCUT2D eigenvalue weighted by atomic mass is 10.1. The SMILES string of the molecule is CN1CCCC1Cc1nnc2n1CCC(N)C2. The highest BCUT2D eigenvalue weighted by Crippen LogP contribution is 2.21. The van der Waals surface area contributed by atoms with E-state index in [-0.39, 0.29) is 6.04 Å². The fourth-order valence-corrected chi connectivity index (χ4v) is 3.01. The molecule has 2 N–H and O–H groups in total. The molecule has 2 aliphatic heterocycles. The van der Waals surface area contributed by atoms with E-state index >= 15 is 0 Å². The highest BCUT2D eigenvalue weighted by atomic mass is 15.3. The topological polar surface area (TPSA) is 60.0 Å². The molecular weight excluding hydrogens is 214 g/mol. The second-order valence-corrected chi connectivity index (χ2v) is 5.42. The van der Waals surface area contributed by atoms with Crippen LogP contribution in [-0.4, -0.2) is 45.3 Å². The van der Waals surface area contributed by atoms with Gasteiger partial charge in [-0.3, -0.25) is 0 Å². The Balaban J connectivity index is 1.76. The fraction of sp³-hybridized carbons (Fsp3) is 0.833. The Labute approximate surface area is 102 Å². The third kappa shape index (κ3) is 2.09. The van der Waals surface area contributed by atoms with E-state index in [1.54, 1.807) is 0 Å². The van der Waals surface area contributed by atoms with E-state index in [0.29, 0.717) is 6.04 Å². The molecule has 3 rings (SSSR count). The molecule has 0 aromatic carbocycles. The first-order valence-corrected chi connectivity index (χ1v) is 6.61. The second-order valence-electron chi connectivity index (χ2n) is 5.42. The summed E-state index contributed by atoms with van der Waals surface area (Å²) in [6.45, 7) is 2.21. The zero-order valence-corrected chi connectivity index (χ0v) is 10.5. The number of nitrogens with two attached hydrogens (primary N) is 1. The van der Waals surface area contributed by atoms with Crippen molar-refractivity contribution in [1.29, 1.82) is 0 Å². The molecule has 5 nitrogen and oxygen atoms in total. The smallest absolute Gasteiger partial charge is 0.134 e. The molecule has 0 saturated carbocycles. The molecule has 0 spiro atoms. The predicted octanol–water partition coefficient (Wildman–Crippen LogP) is 0.188. The maximum atomic E-state index is 5.96. The van der Waals surface area contributed by atoms with Crippen molar-refractivity contribution in [2.45, 2.75) is 50.7 Å². The van der Waals surface area contributed by atoms with Crippen LogP contribution in [0.2, 0.25) is 0 Å². The van der Waals surface area contributed by atoms with Crippen molar-refractivity contribution in [2.75, 3.05) is 13.6 Å². The molecule has 2 aliphatic rings. The standard InChI is InChI=1S/C12H21N5/c1-16-5-2-3-10(16)8-12-15-14-11-7-9(13)4-6-17(11)12/h9-10H,2-8,13H2,1H3. The van der Waals surface area contributed by atoms with E-state index < -0.39 is 0 Å². The predicted molar refractivity (Wildman–Crippen MR) is 65.7 cm³/mol. The lowest BCUT2D eigenvalue weighted by Gasteiger charge is -2.22. The van der Waals surface area contributed by atoms with E-state index in [4.69, 9.17) is 5.73 Å². The summed E-state index contributed by atoms with van der Waals surface area (Å²) in [4.78, 5) is 2.44. The summed E-state index contributed by atoms with van der Waals surface area (Å²) < 4.78 is 2.29. The van der Waals surface area contributed by atoms with Crippen molar-refractivity contribution >= 4 is 0 Å². The Hall–Kier alpha value is -0.940. The summed E-state index contributed by atoms with van der Waals surface area (Å²) >= 11 is 0. The molecule has 3 heterocycles. The van der Waals surface area contributed by atoms with Crippen LogP contribution in [-0.2, 0) is 19.4 Å². The van der Waals surface area contributed by atoms with Gasteiger partial charge < -0.3 is 15.2 Å². The lowest BCUT2D eigenvalue weighted by molar-refractivity contribution is 0.301. The quantitative estimate of drug-likeness (QED) is 0.795. The van der Waals surface area contributed by atoms with Crippen LogP contribution in [0.1, 0.15) is 30.9 Å². The lowest BCUT2D eigenvalue weighted by Crippen LogP contribution is -2.33. The Bertz CT molecular complexity index is 400. The summed E-state index contributed by atoms with van der Waals surface area (Å²) in [6.07, 6.45) is 5.58. The Kier molecular flexibility index (Phi) is 2.88. The van der Waals surface area contributed by atoms with E-state index in [0.717, 1.165) is 37.5 Å². The minimum absolute atomic E-state index is 0.272. The van der Waals surface area contributed by atoms with Crippen molar-refractivity contribution in [3.8, 4) is 0 Å². The van der Waals surface area contributed by atoms with Gasteiger partial charge in [-0.05, 0) is 32.9 Å². The molecule has 1 fully saturated rings. The molecule has 2 atom stereocenters. The molecule has 5 heteroatoms. The maximum absolute atomic E-state index is 5.96. The van der Waals surface area contributed by atoms with Gasteiger partial charge in [0.25, 0.3) is 0 Å². The van der Waals surface area contributed by atoms with Crippen molar-refractivity contribution < 1.29 is 0 Å². The Morgan fingerprint density at radius 1 is 1.29 bits per heavy atom. The molecule has 1 aromatic heterocycles. The molecule has 94 valence electrons. The number of fused-ring (bicyclic) bond motifs is 1. The van der Waals surface area contributed by atoms with Gasteiger partial charge in [0, 0.05) is 31.5 Å². The van der Waals surface area contributed by atoms with Crippen LogP contribution in [0.3, 0.4) is 0 Å². The van der Waals surface area contributed by atoms with Gasteiger partial charge in [0.15, 0.2) is 0 Å². The molecule has 0 aliphatic carbocycles. The number of likely N-dealkylation sites (tertiary alicyclic amines) is 1. The van der Waals surface area contributed by atoms with Crippen molar-refractivity contribution in [2.24, 2.45) is 5.73 Å². The molecule has 0 amide bonds. The normalized spacial score (nSPS) is 29.5. The number of hydrogen-bond donors (Lipinski definition) is 1. The van der Waals surface area contributed by atoms with Crippen LogP contribution in [0, 0.1) is 0 Å². The van der Waals surface area contributed by atoms with Gasteiger partial charge in [0.05, 0.1) is 0 Å². The van der Waals surface area contributed by atoms with Gasteiger partial charge in [-0.1, -0.05) is 0 Å². The van der Waals surface area contributed by atoms with Gasteiger partial charge in [0.2, 0.25) is 0 Å². The van der Waals surface area contributed by atoms with Crippen LogP contribution in [0.5, 0.6) is 0 Å². The summed E-state index contributed by atoms with van der Waals surface area (Å²) in [5.41, 5.74) is 5.96. The monoisotopic (exact) mass is 235 g/mol. The minimum Gasteiger partial charge on any atom is -0.327 e. The first-order valence-electron chi connectivity index (χ1n) is 6.61. The largest absolute Gasteiger partial charge is 0.327 e. The first-order chi connectivity index (χ1) is 8.24. The molecule has 1 saturated heterocycles. The Morgan fingerprint density at radius 2 is 2.18 bits per heavy atom. The second kappa shape index (κ2) is 4.38. The average molecular weight is 235 g/mol. The number of aromatic nitrogens is 3. The van der Waals surface area contributed by atoms with E-state index in [2.05, 4.69) is 26.7 Å². The first kappa shape index (κ1) is 11.2. The minimum atomic E-state index is 0.272. The zero-order chi connectivity index (χ0) is 11.8. The molecule has 0 radical (unpaired) electrons. The van der Waals surface area contributed by atoms with Gasteiger partial charge >= 0.3 is 0 Å². The Morgan fingerprint density at radius 3 is 2.94 bits per heavy atom. The summed E-state index contributed by atoms with van der Waals surface area (Å²) in [5, 5.41) is 8.65. The van der Waals surface area contributed by atoms with Gasteiger partial charge in [-0.25, -0.2) is 0 Å². The summed E-state index contributed by atoms with van der Waals surface area (Å²) in [5.74, 6) is 2.24. The highest BCUT2D eigenvalue weighted by molar-refractivity contribution is 5.03. The third-order valence-corrected chi connectivity index (χ3v) is 4.16. The van der Waals surface area contributed by atoms with Gasteiger partial charge in [0.1, 0.15) is 11.6 Å². The average Bonchev–Trinajstić information content (AvgIpc) is 2.87. The number of nitrogens with zero attached hydrogens (tertiary/aromatic N) is 4. The molecule has 17 heavy (non-hydrogen) atoms. The third-order valence-electron chi connectivity index (χ3n) is 4.16. The number of rotatable bonds is 2. The van der Waals surface area contributed by atoms with Gasteiger partial charge in [-0.15, -0.1) is 10.2 Å². The van der Waals surface area contributed by atoms with Crippen LogP contribution in [0.15, 0.2) is 0 Å². The van der Waals surface area contributed by atoms with Crippen molar-refractivity contribution in [3.05, 3.63) is 11.6 Å². The molecule has 0 bridgehead atoms. The van der Waals surface area contributed by atoms with Crippen LogP contribution < -0.4 is 5.73 Å². The maximum Gasteiger partial charge on any atom is 0.134 e. The van der Waals surface area contributed by atoms with E-state index in [1.807, 2.05) is 0 Å². The van der Waals surface area contributed by atoms with Crippen LogP contribution in [0.4, 0.5) is 0 Å².